The van der Waals surface area contributed by atoms with E-state index in [2.05, 4.69) is 15.0 Å². The van der Waals surface area contributed by atoms with Gasteiger partial charge in [0.2, 0.25) is 0 Å². The summed E-state index contributed by atoms with van der Waals surface area (Å²) in [6.45, 7) is 0. The van der Waals surface area contributed by atoms with Gasteiger partial charge in [0.25, 0.3) is 0 Å². The van der Waals surface area contributed by atoms with Gasteiger partial charge in [-0.05, 0) is 0 Å². The molecule has 0 spiro atoms. The van der Waals surface area contributed by atoms with Gasteiger partial charge in [0, 0.05) is 0 Å². The molecular weight excluding hydrogens is 257 g/mol. The molecule has 0 aliphatic heterocycles. The Morgan fingerprint density at radius 2 is 1.75 bits per heavy atom. The first kappa shape index (κ1) is 14.2. The third-order valence-corrected chi connectivity index (χ3v) is 1.62. The second-order valence-corrected chi connectivity index (χ2v) is 2.83. The summed E-state index contributed by atoms with van der Waals surface area (Å²) >= 11 is 5.55. The second-order valence-electron chi connectivity index (χ2n) is 2.48. The van der Waals surface area contributed by atoms with Gasteiger partial charge in [-0.25, -0.2) is 9.97 Å². The lowest BCUT2D eigenvalue weighted by atomic mass is 10.4. The highest BCUT2D eigenvalue weighted by molar-refractivity contribution is 6.31. The van der Waals surface area contributed by atoms with E-state index in [1.54, 1.807) is 0 Å². The van der Waals surface area contributed by atoms with Crippen LogP contribution in [-0.4, -0.2) is 21.8 Å². The van der Waals surface area contributed by atoms with Crippen LogP contribution < -0.4 is 35.3 Å². The van der Waals surface area contributed by atoms with Gasteiger partial charge in [0.05, 0.1) is 0 Å². The van der Waals surface area contributed by atoms with Crippen molar-refractivity contribution < 1.29 is 17.2 Å². The molecule has 8 N–H and O–H groups in total. The first-order chi connectivity index (χ1) is 6.91. The molecular formula is C6H8Cl2N7O-. The quantitative estimate of drug-likeness (QED) is 0.295. The molecule has 1 aromatic heterocycles. The Labute approximate surface area is 101 Å². The molecule has 0 fully saturated rings. The second kappa shape index (κ2) is 5.33. The van der Waals surface area contributed by atoms with E-state index in [4.69, 9.17) is 34.5 Å². The molecule has 10 heteroatoms. The molecule has 0 saturated heterocycles. The fourth-order valence-corrected chi connectivity index (χ4v) is 0.896. The van der Waals surface area contributed by atoms with Crippen molar-refractivity contribution in [1.29, 1.82) is 0 Å². The Morgan fingerprint density at radius 1 is 1.19 bits per heavy atom. The molecule has 0 unspecified atom stereocenters. The molecule has 0 radical (unpaired) electrons. The van der Waals surface area contributed by atoms with Crippen molar-refractivity contribution in [3.63, 3.8) is 0 Å². The number of amides is 1. The predicted molar refractivity (Wildman–Crippen MR) is 56.0 cm³/mol. The van der Waals surface area contributed by atoms with Crippen LogP contribution in [0.4, 0.5) is 11.6 Å². The van der Waals surface area contributed by atoms with E-state index in [1.807, 2.05) is 0 Å². The normalized spacial score (nSPS) is 9.06. The van der Waals surface area contributed by atoms with Gasteiger partial charge in [-0.2, -0.15) is 4.99 Å². The monoisotopic (exact) mass is 264 g/mol. The summed E-state index contributed by atoms with van der Waals surface area (Å²) in [5, 5.41) is -0.140. The number of carbonyl (C=O) groups is 1. The molecule has 0 atom stereocenters. The van der Waals surface area contributed by atoms with Crippen LogP contribution in [0.3, 0.4) is 0 Å². The fraction of sp³-hybridized carbons (Fsp3) is 0. The lowest BCUT2D eigenvalue weighted by molar-refractivity contribution is -0.0000118. The number of hydrogen-bond donors (Lipinski definition) is 4. The lowest BCUT2D eigenvalue weighted by Gasteiger charge is -2.02. The highest BCUT2D eigenvalue weighted by Gasteiger charge is 2.15. The van der Waals surface area contributed by atoms with E-state index < -0.39 is 11.9 Å². The van der Waals surface area contributed by atoms with Crippen molar-refractivity contribution >= 4 is 35.1 Å². The largest absolute Gasteiger partial charge is 1.00 e. The summed E-state index contributed by atoms with van der Waals surface area (Å²) < 4.78 is 0. The van der Waals surface area contributed by atoms with Gasteiger partial charge in [-0.1, -0.05) is 11.6 Å². The molecule has 0 aliphatic rings. The number of anilines is 2. The molecule has 16 heavy (non-hydrogen) atoms. The average Bonchev–Trinajstić information content (AvgIpc) is 2.09. The Balaban J connectivity index is 0.00000225. The maximum absolute atomic E-state index is 11.3. The van der Waals surface area contributed by atoms with Crippen molar-refractivity contribution in [3.05, 3.63) is 10.8 Å². The van der Waals surface area contributed by atoms with E-state index >= 15 is 0 Å². The molecule has 1 heterocycles. The Hall–Kier alpha value is -1.80. The Bertz CT molecular complexity index is 443. The number of rotatable bonds is 1. The highest BCUT2D eigenvalue weighted by Crippen LogP contribution is 2.17. The summed E-state index contributed by atoms with van der Waals surface area (Å²) in [6.07, 6.45) is 0. The van der Waals surface area contributed by atoms with Gasteiger partial charge in [0.15, 0.2) is 28.4 Å². The van der Waals surface area contributed by atoms with Crippen LogP contribution in [0.1, 0.15) is 10.5 Å². The molecule has 1 aromatic rings. The van der Waals surface area contributed by atoms with Crippen LogP contribution >= 0.6 is 11.6 Å². The van der Waals surface area contributed by atoms with Crippen LogP contribution in [0.15, 0.2) is 4.99 Å². The minimum atomic E-state index is -0.832. The maximum Gasteiger partial charge on any atom is 0.302 e. The molecule has 0 bridgehead atoms. The smallest absolute Gasteiger partial charge is 0.302 e. The third-order valence-electron chi connectivity index (χ3n) is 1.34. The molecule has 8 nitrogen and oxygen atoms in total. The third kappa shape index (κ3) is 3.11. The van der Waals surface area contributed by atoms with Gasteiger partial charge in [-0.3, -0.25) is 4.79 Å². The molecule has 0 aromatic carbocycles. The molecule has 0 aliphatic carbocycles. The lowest BCUT2D eigenvalue weighted by Crippen LogP contribution is -3.00. The Kier molecular flexibility index (Phi) is 4.73. The van der Waals surface area contributed by atoms with Gasteiger partial charge in [0.1, 0.15) is 0 Å². The van der Waals surface area contributed by atoms with E-state index in [0.29, 0.717) is 0 Å². The number of hydrogen-bond acceptors (Lipinski definition) is 5. The van der Waals surface area contributed by atoms with E-state index in [0.717, 1.165) is 0 Å². The fourth-order valence-electron chi connectivity index (χ4n) is 0.769. The number of halogens is 2. The number of nitrogens with two attached hydrogens (primary N) is 4. The highest BCUT2D eigenvalue weighted by atomic mass is 35.5. The van der Waals surface area contributed by atoms with Crippen LogP contribution in [0, 0.1) is 0 Å². The number of nitrogens with zero attached hydrogens (tertiary/aromatic N) is 3. The van der Waals surface area contributed by atoms with Crippen LogP contribution in [-0.2, 0) is 0 Å². The Morgan fingerprint density at radius 3 is 2.25 bits per heavy atom. The first-order valence-electron chi connectivity index (χ1n) is 3.64. The number of aromatic nitrogens is 2. The summed E-state index contributed by atoms with van der Waals surface area (Å²) in [5.74, 6) is -1.50. The van der Waals surface area contributed by atoms with Crippen molar-refractivity contribution in [2.45, 2.75) is 0 Å². The minimum absolute atomic E-state index is 0. The number of carbonyl (C=O) groups excluding carboxylic acids is 1. The van der Waals surface area contributed by atoms with Crippen molar-refractivity contribution in [3.8, 4) is 0 Å². The zero-order valence-corrected chi connectivity index (χ0v) is 9.33. The summed E-state index contributed by atoms with van der Waals surface area (Å²) in [6, 6.07) is 0. The zero-order valence-electron chi connectivity index (χ0n) is 7.82. The topological polar surface area (TPSA) is 159 Å². The standard InChI is InChI=1S/C6H8ClN7O.ClH/c7-2-4(9)13-3(8)1(12-2)5(15)14-6(10)11;/h(H4,8,9,13)(H4,10,11,14,15);1H/p-1. The summed E-state index contributed by atoms with van der Waals surface area (Å²) in [4.78, 5) is 21.7. The zero-order chi connectivity index (χ0) is 11.6. The van der Waals surface area contributed by atoms with Crippen molar-refractivity contribution in [2.75, 3.05) is 11.5 Å². The molecule has 1 amide bonds. The number of nitrogen functional groups attached to an aromatic ring is 2. The van der Waals surface area contributed by atoms with Gasteiger partial charge >= 0.3 is 5.91 Å². The van der Waals surface area contributed by atoms with Gasteiger partial charge < -0.3 is 35.3 Å². The molecule has 88 valence electrons. The van der Waals surface area contributed by atoms with Crippen molar-refractivity contribution in [1.82, 2.24) is 9.97 Å². The van der Waals surface area contributed by atoms with Gasteiger partial charge in [-0.15, -0.1) is 0 Å². The minimum Gasteiger partial charge on any atom is -1.00 e. The van der Waals surface area contributed by atoms with Crippen LogP contribution in [0.25, 0.3) is 0 Å². The SMILES string of the molecule is NC(N)=NC(=O)c1nc(Cl)c(N)nc1N.[Cl-]. The van der Waals surface area contributed by atoms with Crippen LogP contribution in [0.2, 0.25) is 5.15 Å². The van der Waals surface area contributed by atoms with Crippen molar-refractivity contribution in [2.24, 2.45) is 16.5 Å². The van der Waals surface area contributed by atoms with E-state index in [9.17, 15) is 4.79 Å². The van der Waals surface area contributed by atoms with Crippen LogP contribution in [0.5, 0.6) is 0 Å². The molecule has 1 rings (SSSR count). The predicted octanol–water partition coefficient (Wildman–Crippen LogP) is -4.29. The first-order valence-corrected chi connectivity index (χ1v) is 4.02. The number of guanidine groups is 1. The van der Waals surface area contributed by atoms with E-state index in [-0.39, 0.29) is 34.9 Å². The number of aliphatic imine (C=N–C) groups is 1. The van der Waals surface area contributed by atoms with E-state index in [1.165, 1.54) is 0 Å². The molecule has 0 saturated carbocycles. The summed E-state index contributed by atoms with van der Waals surface area (Å²) in [7, 11) is 0. The summed E-state index contributed by atoms with van der Waals surface area (Å²) in [5.41, 5.74) is 20.5. The maximum atomic E-state index is 11.3. The average molecular weight is 265 g/mol.